The average Bonchev–Trinajstić information content (AvgIpc) is 3.83. The van der Waals surface area contributed by atoms with Crippen molar-refractivity contribution in [2.75, 3.05) is 0 Å². The molecule has 0 aliphatic carbocycles. The van der Waals surface area contributed by atoms with Crippen LogP contribution in [-0.2, 0) is 0 Å². The van der Waals surface area contributed by atoms with Gasteiger partial charge in [0, 0.05) is 44.0 Å². The second-order valence-electron chi connectivity index (χ2n) is 14.8. The zero-order valence-electron chi connectivity index (χ0n) is 32.2. The van der Waals surface area contributed by atoms with Crippen LogP contribution in [0, 0.1) is 17.9 Å². The van der Waals surface area contributed by atoms with Gasteiger partial charge in [-0.1, -0.05) is 146 Å². The van der Waals surface area contributed by atoms with Gasteiger partial charge in [0.25, 0.3) is 0 Å². The highest BCUT2D eigenvalue weighted by atomic mass is 15.0. The number of para-hydroxylation sites is 4. The standard InChI is InChI=1S/C54H32N6/c1-56-47-31-37(52-46(34-55)51(35-17-6-2-7-18-35)57-54(58-52)36-19-8-3-9-20-36)29-30-40(47)42-26-16-27-43-45-33-49-44(32-50(45)60(53(42)43)39-23-12-5-13-24-39)41-25-14-15-28-48(41)59(49)38-21-10-4-11-22-38/h2-33H. The Bertz CT molecular complexity index is 3540. The van der Waals surface area contributed by atoms with E-state index in [1.807, 2.05) is 84.9 Å². The van der Waals surface area contributed by atoms with Crippen LogP contribution in [0.5, 0.6) is 0 Å². The smallest absolute Gasteiger partial charge is 0.195 e. The molecule has 8 aromatic carbocycles. The Morgan fingerprint density at radius 1 is 0.450 bits per heavy atom. The van der Waals surface area contributed by atoms with E-state index in [1.165, 1.54) is 5.39 Å². The lowest BCUT2D eigenvalue weighted by atomic mass is 9.95. The predicted octanol–water partition coefficient (Wildman–Crippen LogP) is 13.8. The minimum Gasteiger partial charge on any atom is -0.309 e. The number of aromatic nitrogens is 4. The van der Waals surface area contributed by atoms with Crippen molar-refractivity contribution in [3.63, 3.8) is 0 Å². The number of hydrogen-bond acceptors (Lipinski definition) is 3. The molecule has 3 heterocycles. The number of hydrogen-bond donors (Lipinski definition) is 0. The van der Waals surface area contributed by atoms with Crippen LogP contribution in [0.2, 0.25) is 0 Å². The molecule has 0 radical (unpaired) electrons. The number of rotatable bonds is 6. The quantitative estimate of drug-likeness (QED) is 0.158. The fourth-order valence-corrected chi connectivity index (χ4v) is 8.74. The maximum absolute atomic E-state index is 10.7. The molecule has 6 heteroatoms. The van der Waals surface area contributed by atoms with Gasteiger partial charge >= 0.3 is 0 Å². The molecule has 6 nitrogen and oxygen atoms in total. The summed E-state index contributed by atoms with van der Waals surface area (Å²) in [6.45, 7) is 8.56. The largest absolute Gasteiger partial charge is 0.309 e. The molecular weight excluding hydrogens is 733 g/mol. The van der Waals surface area contributed by atoms with E-state index in [0.29, 0.717) is 34.0 Å². The van der Waals surface area contributed by atoms with Gasteiger partial charge in [-0.3, -0.25) is 0 Å². The molecule has 0 amide bonds. The Morgan fingerprint density at radius 2 is 1.00 bits per heavy atom. The molecule has 0 spiro atoms. The van der Waals surface area contributed by atoms with Crippen molar-refractivity contribution < 1.29 is 0 Å². The fourth-order valence-electron chi connectivity index (χ4n) is 8.74. The Labute approximate surface area is 346 Å². The van der Waals surface area contributed by atoms with Gasteiger partial charge in [0.15, 0.2) is 11.5 Å². The molecular formula is C54H32N6. The molecule has 0 bridgehead atoms. The number of nitrogens with zero attached hydrogens (tertiary/aromatic N) is 6. The molecule has 0 atom stereocenters. The van der Waals surface area contributed by atoms with Gasteiger partial charge in [0.2, 0.25) is 0 Å². The van der Waals surface area contributed by atoms with E-state index in [2.05, 4.69) is 129 Å². The van der Waals surface area contributed by atoms with Crippen LogP contribution in [0.3, 0.4) is 0 Å². The van der Waals surface area contributed by atoms with Crippen molar-refractivity contribution in [3.05, 3.63) is 211 Å². The average molecular weight is 765 g/mol. The topological polar surface area (TPSA) is 63.8 Å². The number of benzene rings is 8. The molecule has 0 aliphatic heterocycles. The van der Waals surface area contributed by atoms with Crippen LogP contribution in [0.25, 0.3) is 105 Å². The lowest BCUT2D eigenvalue weighted by Crippen LogP contribution is -2.01. The summed E-state index contributed by atoms with van der Waals surface area (Å²) in [5.74, 6) is 0.509. The normalized spacial score (nSPS) is 11.3. The minimum atomic E-state index is 0.357. The summed E-state index contributed by atoms with van der Waals surface area (Å²) in [6, 6.07) is 68.4. The molecule has 60 heavy (non-hydrogen) atoms. The van der Waals surface area contributed by atoms with E-state index >= 15 is 0 Å². The van der Waals surface area contributed by atoms with Gasteiger partial charge in [0.1, 0.15) is 11.6 Å². The number of fused-ring (bicyclic) bond motifs is 6. The van der Waals surface area contributed by atoms with Crippen LogP contribution >= 0.6 is 0 Å². The van der Waals surface area contributed by atoms with E-state index in [1.54, 1.807) is 0 Å². The molecule has 3 aromatic heterocycles. The molecule has 11 rings (SSSR count). The Hall–Kier alpha value is -8.58. The molecule has 278 valence electrons. The summed E-state index contributed by atoms with van der Waals surface area (Å²) in [5.41, 5.74) is 12.4. The summed E-state index contributed by atoms with van der Waals surface area (Å²) < 4.78 is 4.69. The Balaban J connectivity index is 1.17. The van der Waals surface area contributed by atoms with E-state index in [-0.39, 0.29) is 0 Å². The van der Waals surface area contributed by atoms with Crippen molar-refractivity contribution in [2.45, 2.75) is 0 Å². The van der Waals surface area contributed by atoms with E-state index in [9.17, 15) is 5.26 Å². The van der Waals surface area contributed by atoms with Gasteiger partial charge in [-0.2, -0.15) is 5.26 Å². The summed E-state index contributed by atoms with van der Waals surface area (Å²) in [7, 11) is 0. The molecule has 0 aliphatic rings. The van der Waals surface area contributed by atoms with Crippen molar-refractivity contribution in [1.29, 1.82) is 5.26 Å². The summed E-state index contributed by atoms with van der Waals surface area (Å²) in [4.78, 5) is 14.1. The second-order valence-corrected chi connectivity index (χ2v) is 14.8. The summed E-state index contributed by atoms with van der Waals surface area (Å²) >= 11 is 0. The predicted molar refractivity (Wildman–Crippen MR) is 243 cm³/mol. The van der Waals surface area contributed by atoms with Gasteiger partial charge in [-0.15, -0.1) is 0 Å². The van der Waals surface area contributed by atoms with Crippen LogP contribution < -0.4 is 0 Å². The third kappa shape index (κ3) is 5.48. The second kappa shape index (κ2) is 14.1. The highest BCUT2D eigenvalue weighted by Gasteiger charge is 2.23. The third-order valence-electron chi connectivity index (χ3n) is 11.4. The third-order valence-corrected chi connectivity index (χ3v) is 11.4. The highest BCUT2D eigenvalue weighted by Crippen LogP contribution is 2.45. The lowest BCUT2D eigenvalue weighted by Gasteiger charge is -2.15. The van der Waals surface area contributed by atoms with Gasteiger partial charge in [-0.05, 0) is 65.2 Å². The van der Waals surface area contributed by atoms with Crippen molar-refractivity contribution in [3.8, 4) is 62.5 Å². The highest BCUT2D eigenvalue weighted by molar-refractivity contribution is 6.21. The fraction of sp³-hybridized carbons (Fsp3) is 0. The maximum atomic E-state index is 10.7. The minimum absolute atomic E-state index is 0.357. The van der Waals surface area contributed by atoms with Crippen molar-refractivity contribution in [1.82, 2.24) is 19.1 Å². The first-order valence-corrected chi connectivity index (χ1v) is 19.8. The molecule has 0 saturated carbocycles. The van der Waals surface area contributed by atoms with Crippen molar-refractivity contribution in [2.24, 2.45) is 0 Å². The monoisotopic (exact) mass is 764 g/mol. The maximum Gasteiger partial charge on any atom is 0.195 e. The summed E-state index contributed by atoms with van der Waals surface area (Å²) in [6.07, 6.45) is 0. The zero-order chi connectivity index (χ0) is 40.2. The summed E-state index contributed by atoms with van der Waals surface area (Å²) in [5, 5.41) is 15.2. The Morgan fingerprint density at radius 3 is 1.67 bits per heavy atom. The molecule has 0 saturated heterocycles. The van der Waals surface area contributed by atoms with Gasteiger partial charge < -0.3 is 9.13 Å². The van der Waals surface area contributed by atoms with E-state index < -0.39 is 0 Å². The van der Waals surface area contributed by atoms with Crippen LogP contribution in [-0.4, -0.2) is 19.1 Å². The zero-order valence-corrected chi connectivity index (χ0v) is 32.2. The lowest BCUT2D eigenvalue weighted by molar-refractivity contribution is 1.17. The molecule has 0 N–H and O–H groups in total. The first-order valence-electron chi connectivity index (χ1n) is 19.8. The molecule has 0 unspecified atom stereocenters. The van der Waals surface area contributed by atoms with E-state index in [0.717, 1.165) is 71.9 Å². The molecule has 11 aromatic rings. The number of nitriles is 1. The first kappa shape index (κ1) is 34.7. The van der Waals surface area contributed by atoms with Crippen LogP contribution in [0.4, 0.5) is 5.69 Å². The van der Waals surface area contributed by atoms with Gasteiger partial charge in [0.05, 0.1) is 40.0 Å². The van der Waals surface area contributed by atoms with Gasteiger partial charge in [-0.25, -0.2) is 14.8 Å². The van der Waals surface area contributed by atoms with Crippen molar-refractivity contribution >= 4 is 49.3 Å². The van der Waals surface area contributed by atoms with E-state index in [4.69, 9.17) is 16.5 Å². The molecule has 0 fully saturated rings. The SMILES string of the molecule is [C-]#[N+]c1cc(-c2nc(-c3ccccc3)nc(-c3ccccc3)c2C#N)ccc1-c1cccc2c3cc4c(cc3n(-c3ccccc3)c12)c1ccccc1n4-c1ccccc1. The Kier molecular flexibility index (Phi) is 8.15. The van der Waals surface area contributed by atoms with Crippen LogP contribution in [0.1, 0.15) is 5.56 Å². The first-order chi connectivity index (χ1) is 29.7. The van der Waals surface area contributed by atoms with Crippen LogP contribution in [0.15, 0.2) is 194 Å².